The summed E-state index contributed by atoms with van der Waals surface area (Å²) in [7, 11) is 2.08. The molecule has 2 aromatic rings. The molecular formula is C26H29NO2. The van der Waals surface area contributed by atoms with Gasteiger partial charge >= 0.3 is 5.97 Å². The van der Waals surface area contributed by atoms with E-state index in [1.807, 2.05) is 0 Å². The second-order valence-corrected chi connectivity index (χ2v) is 8.19. The first kappa shape index (κ1) is 19.7. The molecule has 0 amide bonds. The van der Waals surface area contributed by atoms with E-state index in [2.05, 4.69) is 78.7 Å². The number of carbonyl (C=O) groups is 1. The number of hydrogen-bond donors (Lipinski definition) is 1. The van der Waals surface area contributed by atoms with Crippen LogP contribution in [0.25, 0.3) is 17.7 Å². The molecule has 0 radical (unpaired) electrons. The van der Waals surface area contributed by atoms with Gasteiger partial charge in [-0.3, -0.25) is 4.79 Å². The van der Waals surface area contributed by atoms with Crippen LogP contribution in [0.2, 0.25) is 0 Å². The first-order valence-electron chi connectivity index (χ1n) is 10.7. The van der Waals surface area contributed by atoms with Gasteiger partial charge in [0.05, 0.1) is 5.92 Å². The summed E-state index contributed by atoms with van der Waals surface area (Å²) in [6.45, 7) is 0.871. The quantitative estimate of drug-likeness (QED) is 0.622. The van der Waals surface area contributed by atoms with E-state index in [1.54, 1.807) is 0 Å². The molecule has 0 unspecified atom stereocenters. The Morgan fingerprint density at radius 1 is 1.00 bits per heavy atom. The van der Waals surface area contributed by atoms with E-state index in [9.17, 15) is 9.90 Å². The van der Waals surface area contributed by atoms with E-state index in [1.165, 1.54) is 27.8 Å². The van der Waals surface area contributed by atoms with Crippen molar-refractivity contribution in [1.29, 1.82) is 0 Å². The fourth-order valence-electron chi connectivity index (χ4n) is 4.83. The van der Waals surface area contributed by atoms with Gasteiger partial charge in [-0.1, -0.05) is 79.6 Å². The Morgan fingerprint density at radius 2 is 1.59 bits per heavy atom. The van der Waals surface area contributed by atoms with E-state index < -0.39 is 5.97 Å². The topological polar surface area (TPSA) is 40.5 Å². The highest BCUT2D eigenvalue weighted by atomic mass is 16.4. The van der Waals surface area contributed by atoms with Gasteiger partial charge in [-0.2, -0.15) is 0 Å². The fourth-order valence-corrected chi connectivity index (χ4v) is 4.83. The third-order valence-electron chi connectivity index (χ3n) is 6.39. The molecular weight excluding hydrogens is 358 g/mol. The van der Waals surface area contributed by atoms with Crippen LogP contribution in [-0.4, -0.2) is 35.6 Å². The van der Waals surface area contributed by atoms with Crippen LogP contribution >= 0.6 is 0 Å². The van der Waals surface area contributed by atoms with Crippen molar-refractivity contribution in [2.24, 2.45) is 5.92 Å². The zero-order valence-electron chi connectivity index (χ0n) is 17.1. The molecule has 1 fully saturated rings. The highest BCUT2D eigenvalue weighted by molar-refractivity contribution is 5.93. The molecule has 4 rings (SSSR count). The van der Waals surface area contributed by atoms with Crippen LogP contribution < -0.4 is 0 Å². The molecule has 0 bridgehead atoms. The molecule has 1 N–H and O–H groups in total. The van der Waals surface area contributed by atoms with Gasteiger partial charge < -0.3 is 10.0 Å². The van der Waals surface area contributed by atoms with Crippen molar-refractivity contribution in [3.8, 4) is 0 Å². The van der Waals surface area contributed by atoms with Crippen molar-refractivity contribution in [2.75, 3.05) is 13.6 Å². The summed E-state index contributed by atoms with van der Waals surface area (Å²) >= 11 is 0. The summed E-state index contributed by atoms with van der Waals surface area (Å²) in [6.07, 6.45) is 11.6. The largest absolute Gasteiger partial charge is 0.481 e. The molecule has 150 valence electrons. The average Bonchev–Trinajstić information content (AvgIpc) is 2.91. The number of aliphatic carboxylic acids is 1. The molecule has 0 aliphatic heterocycles. The van der Waals surface area contributed by atoms with Gasteiger partial charge in [0.1, 0.15) is 0 Å². The van der Waals surface area contributed by atoms with E-state index in [4.69, 9.17) is 0 Å². The predicted octanol–water partition coefficient (Wildman–Crippen LogP) is 5.57. The van der Waals surface area contributed by atoms with Crippen molar-refractivity contribution >= 4 is 23.7 Å². The molecule has 2 aromatic carbocycles. The van der Waals surface area contributed by atoms with E-state index >= 15 is 0 Å². The number of hydrogen-bond acceptors (Lipinski definition) is 2. The first-order chi connectivity index (χ1) is 14.1. The molecule has 2 atom stereocenters. The van der Waals surface area contributed by atoms with Crippen LogP contribution in [0.4, 0.5) is 0 Å². The van der Waals surface area contributed by atoms with Crippen molar-refractivity contribution < 1.29 is 9.90 Å². The maximum Gasteiger partial charge on any atom is 0.308 e. The summed E-state index contributed by atoms with van der Waals surface area (Å²) in [5.74, 6) is -0.873. The standard InChI is InChI=1S/C26H29NO2/c1-27(25-15-7-6-13-24(25)26(28)29)18-8-14-23-21-11-4-2-9-19(21)16-17-20-10-3-5-12-22(20)23/h2-5,9-12,14,16-17,24-25H,6-8,13,15,18H2,1H3,(H,28,29)/t24-,25+/m1/s1. The van der Waals surface area contributed by atoms with Gasteiger partial charge in [0.25, 0.3) is 0 Å². The summed E-state index contributed by atoms with van der Waals surface area (Å²) in [6, 6.07) is 17.2. The van der Waals surface area contributed by atoms with Gasteiger partial charge in [-0.05, 0) is 54.1 Å². The number of rotatable bonds is 5. The van der Waals surface area contributed by atoms with Gasteiger partial charge in [0, 0.05) is 12.6 Å². The Balaban J connectivity index is 1.56. The molecule has 2 aliphatic carbocycles. The zero-order chi connectivity index (χ0) is 20.2. The average molecular weight is 388 g/mol. The second-order valence-electron chi connectivity index (χ2n) is 8.19. The van der Waals surface area contributed by atoms with E-state index in [0.717, 1.165) is 38.6 Å². The van der Waals surface area contributed by atoms with Crippen molar-refractivity contribution in [3.05, 3.63) is 76.9 Å². The maximum atomic E-state index is 11.7. The van der Waals surface area contributed by atoms with E-state index in [-0.39, 0.29) is 12.0 Å². The smallest absolute Gasteiger partial charge is 0.308 e. The van der Waals surface area contributed by atoms with Gasteiger partial charge in [0.2, 0.25) is 0 Å². The van der Waals surface area contributed by atoms with Gasteiger partial charge in [0.15, 0.2) is 0 Å². The van der Waals surface area contributed by atoms with Crippen LogP contribution in [-0.2, 0) is 4.79 Å². The summed E-state index contributed by atoms with van der Waals surface area (Å²) in [5.41, 5.74) is 6.27. The highest BCUT2D eigenvalue weighted by Gasteiger charge is 2.33. The molecule has 2 aliphatic rings. The van der Waals surface area contributed by atoms with Crippen molar-refractivity contribution in [3.63, 3.8) is 0 Å². The van der Waals surface area contributed by atoms with Crippen LogP contribution in [0.1, 0.15) is 54.4 Å². The summed E-state index contributed by atoms with van der Waals surface area (Å²) in [5, 5.41) is 9.59. The Kier molecular flexibility index (Phi) is 5.96. The molecule has 1 saturated carbocycles. The van der Waals surface area contributed by atoms with Crippen LogP contribution in [0.5, 0.6) is 0 Å². The Hall–Kier alpha value is -2.65. The lowest BCUT2D eigenvalue weighted by Gasteiger charge is -2.35. The minimum absolute atomic E-state index is 0.148. The SMILES string of the molecule is CN(CCC=C1c2ccccc2C=Cc2ccccc21)[C@H]1CCCC[C@H]1C(=O)O. The third kappa shape index (κ3) is 4.20. The third-order valence-corrected chi connectivity index (χ3v) is 6.39. The number of benzene rings is 2. The normalized spacial score (nSPS) is 20.7. The van der Waals surface area contributed by atoms with Crippen molar-refractivity contribution in [1.82, 2.24) is 4.90 Å². The molecule has 3 nitrogen and oxygen atoms in total. The maximum absolute atomic E-state index is 11.7. The lowest BCUT2D eigenvalue weighted by Crippen LogP contribution is -2.43. The molecule has 0 aromatic heterocycles. The first-order valence-corrected chi connectivity index (χ1v) is 10.7. The molecule has 29 heavy (non-hydrogen) atoms. The van der Waals surface area contributed by atoms with Crippen molar-refractivity contribution in [2.45, 2.75) is 38.1 Å². The zero-order valence-corrected chi connectivity index (χ0v) is 17.1. The molecule has 0 heterocycles. The number of nitrogens with zero attached hydrogens (tertiary/aromatic N) is 1. The van der Waals surface area contributed by atoms with Gasteiger partial charge in [-0.15, -0.1) is 0 Å². The second kappa shape index (κ2) is 8.79. The number of fused-ring (bicyclic) bond motifs is 2. The number of carboxylic acids is 1. The van der Waals surface area contributed by atoms with Gasteiger partial charge in [-0.25, -0.2) is 0 Å². The van der Waals surface area contributed by atoms with Crippen LogP contribution in [0.3, 0.4) is 0 Å². The molecule has 0 saturated heterocycles. The van der Waals surface area contributed by atoms with Crippen LogP contribution in [0, 0.1) is 5.92 Å². The monoisotopic (exact) mass is 387 g/mol. The lowest BCUT2D eigenvalue weighted by molar-refractivity contribution is -0.145. The van der Waals surface area contributed by atoms with Crippen LogP contribution in [0.15, 0.2) is 54.6 Å². The lowest BCUT2D eigenvalue weighted by atomic mass is 9.83. The minimum atomic E-state index is -0.641. The Labute approximate surface area is 173 Å². The minimum Gasteiger partial charge on any atom is -0.481 e. The predicted molar refractivity (Wildman–Crippen MR) is 120 cm³/mol. The Bertz CT molecular complexity index is 892. The summed E-state index contributed by atoms with van der Waals surface area (Å²) < 4.78 is 0. The summed E-state index contributed by atoms with van der Waals surface area (Å²) in [4.78, 5) is 13.9. The molecule has 3 heteroatoms. The fraction of sp³-hybridized carbons (Fsp3) is 0.346. The number of carboxylic acid groups (broad SMARTS) is 1. The highest BCUT2D eigenvalue weighted by Crippen LogP contribution is 2.34. The Morgan fingerprint density at radius 3 is 2.21 bits per heavy atom. The molecule has 0 spiro atoms. The van der Waals surface area contributed by atoms with E-state index in [0.29, 0.717) is 0 Å².